The number of thiophene rings is 1. The van der Waals surface area contributed by atoms with Gasteiger partial charge in [0, 0.05) is 22.6 Å². The van der Waals surface area contributed by atoms with Gasteiger partial charge in [0.15, 0.2) is 9.84 Å². The lowest BCUT2D eigenvalue weighted by atomic mass is 10.2. The van der Waals surface area contributed by atoms with Gasteiger partial charge in [-0.15, -0.1) is 11.3 Å². The Morgan fingerprint density at radius 2 is 2.10 bits per heavy atom. The van der Waals surface area contributed by atoms with E-state index in [1.807, 2.05) is 19.1 Å². The van der Waals surface area contributed by atoms with Gasteiger partial charge in [0.25, 0.3) is 0 Å². The highest BCUT2D eigenvalue weighted by atomic mass is 32.2. The van der Waals surface area contributed by atoms with E-state index in [2.05, 4.69) is 5.32 Å². The van der Waals surface area contributed by atoms with Crippen LogP contribution in [0.3, 0.4) is 0 Å². The molecule has 20 heavy (non-hydrogen) atoms. The number of carbonyl (C=O) groups is 1. The molecule has 1 aromatic heterocycles. The van der Waals surface area contributed by atoms with Crippen molar-refractivity contribution in [3.8, 4) is 0 Å². The number of sulfone groups is 1. The second kappa shape index (κ2) is 5.13. The summed E-state index contributed by atoms with van der Waals surface area (Å²) in [6.45, 7) is 5.77. The van der Waals surface area contributed by atoms with Crippen molar-refractivity contribution >= 4 is 27.1 Å². The van der Waals surface area contributed by atoms with Crippen LogP contribution in [-0.4, -0.2) is 43.3 Å². The molecule has 1 amide bonds. The monoisotopic (exact) mass is 316 g/mol. The van der Waals surface area contributed by atoms with Crippen molar-refractivity contribution in [3.63, 3.8) is 0 Å². The fourth-order valence-corrected chi connectivity index (χ4v) is 3.44. The lowest BCUT2D eigenvalue weighted by Crippen LogP contribution is -2.45. The van der Waals surface area contributed by atoms with Gasteiger partial charge in [-0.25, -0.2) is 8.42 Å². The highest BCUT2D eigenvalue weighted by Gasteiger charge is 2.40. The topological polar surface area (TPSA) is 66.5 Å². The Morgan fingerprint density at radius 1 is 1.45 bits per heavy atom. The zero-order chi connectivity index (χ0) is 15.1. The van der Waals surface area contributed by atoms with Crippen molar-refractivity contribution in [2.24, 2.45) is 0 Å². The summed E-state index contributed by atoms with van der Waals surface area (Å²) in [7, 11) is -3.23. The Kier molecular flexibility index (Phi) is 3.96. The lowest BCUT2D eigenvalue weighted by molar-refractivity contribution is -0.128. The molecule has 2 rings (SSSR count). The number of rotatable bonds is 4. The van der Waals surface area contributed by atoms with Gasteiger partial charge >= 0.3 is 0 Å². The summed E-state index contributed by atoms with van der Waals surface area (Å²) in [5.74, 6) is -0.0576. The zero-order valence-electron chi connectivity index (χ0n) is 12.1. The molecule has 5 nitrogen and oxygen atoms in total. The van der Waals surface area contributed by atoms with Gasteiger partial charge in [-0.3, -0.25) is 10.1 Å². The molecule has 1 atom stereocenters. The summed E-state index contributed by atoms with van der Waals surface area (Å²) >= 11 is 1.62. The van der Waals surface area contributed by atoms with Crippen LogP contribution in [0.5, 0.6) is 0 Å². The maximum Gasteiger partial charge on any atom is 0.238 e. The molecule has 0 aromatic carbocycles. The van der Waals surface area contributed by atoms with Crippen molar-refractivity contribution < 1.29 is 13.2 Å². The fraction of sp³-hybridized carbons (Fsp3) is 0.615. The van der Waals surface area contributed by atoms with Crippen LogP contribution in [0.25, 0.3) is 0 Å². The second-order valence-electron chi connectivity index (χ2n) is 5.79. The molecule has 112 valence electrons. The number of aryl methyl sites for hydroxylation is 1. The largest absolute Gasteiger partial charge is 0.319 e. The highest BCUT2D eigenvalue weighted by molar-refractivity contribution is 7.92. The normalized spacial score (nSPS) is 20.7. The van der Waals surface area contributed by atoms with Crippen LogP contribution in [0, 0.1) is 6.92 Å². The van der Waals surface area contributed by atoms with Gasteiger partial charge in [0.2, 0.25) is 5.91 Å². The van der Waals surface area contributed by atoms with Crippen LogP contribution in [-0.2, 0) is 14.6 Å². The first-order chi connectivity index (χ1) is 9.12. The smallest absolute Gasteiger partial charge is 0.238 e. The third-order valence-electron chi connectivity index (χ3n) is 3.66. The van der Waals surface area contributed by atoms with Crippen molar-refractivity contribution in [1.29, 1.82) is 0 Å². The first kappa shape index (κ1) is 15.5. The molecule has 1 aliphatic heterocycles. The third kappa shape index (κ3) is 2.89. The van der Waals surface area contributed by atoms with Crippen LogP contribution >= 0.6 is 11.3 Å². The quantitative estimate of drug-likeness (QED) is 0.909. The minimum absolute atomic E-state index is 0.0576. The van der Waals surface area contributed by atoms with E-state index in [0.717, 1.165) is 4.88 Å². The van der Waals surface area contributed by atoms with Gasteiger partial charge in [-0.1, -0.05) is 0 Å². The van der Waals surface area contributed by atoms with E-state index in [1.165, 1.54) is 11.1 Å². The predicted octanol–water partition coefficient (Wildman–Crippen LogP) is 1.31. The molecule has 1 aromatic rings. The average molecular weight is 316 g/mol. The minimum atomic E-state index is -3.23. The molecule has 1 N–H and O–H groups in total. The van der Waals surface area contributed by atoms with Crippen molar-refractivity contribution in [2.45, 2.75) is 31.7 Å². The van der Waals surface area contributed by atoms with Gasteiger partial charge in [0.05, 0.1) is 11.3 Å². The van der Waals surface area contributed by atoms with Gasteiger partial charge < -0.3 is 4.90 Å². The van der Waals surface area contributed by atoms with E-state index in [4.69, 9.17) is 0 Å². The van der Waals surface area contributed by atoms with Crippen LogP contribution in [0.15, 0.2) is 12.1 Å². The van der Waals surface area contributed by atoms with E-state index in [-0.39, 0.29) is 25.2 Å². The molecular formula is C13H20N2O3S2. The summed E-state index contributed by atoms with van der Waals surface area (Å²) in [6.07, 6.45) is 0.993. The van der Waals surface area contributed by atoms with E-state index in [1.54, 1.807) is 30.1 Å². The van der Waals surface area contributed by atoms with Crippen molar-refractivity contribution in [2.75, 3.05) is 19.3 Å². The molecule has 0 saturated carbocycles. The van der Waals surface area contributed by atoms with E-state index in [0.29, 0.717) is 0 Å². The molecule has 0 spiro atoms. The van der Waals surface area contributed by atoms with Gasteiger partial charge in [0.1, 0.15) is 6.17 Å². The third-order valence-corrected chi connectivity index (χ3v) is 6.85. The first-order valence-corrected chi connectivity index (χ1v) is 9.11. The molecular weight excluding hydrogens is 296 g/mol. The molecule has 0 aliphatic carbocycles. The summed E-state index contributed by atoms with van der Waals surface area (Å²) < 4.78 is 22.7. The Balaban J connectivity index is 2.26. The Morgan fingerprint density at radius 3 is 2.60 bits per heavy atom. The van der Waals surface area contributed by atoms with Gasteiger partial charge in [-0.2, -0.15) is 0 Å². The summed E-state index contributed by atoms with van der Waals surface area (Å²) in [5.41, 5.74) is 0. The zero-order valence-corrected chi connectivity index (χ0v) is 13.8. The Bertz CT molecular complexity index is 619. The van der Waals surface area contributed by atoms with E-state index in [9.17, 15) is 13.2 Å². The van der Waals surface area contributed by atoms with E-state index >= 15 is 0 Å². The van der Waals surface area contributed by atoms with Crippen LogP contribution < -0.4 is 5.32 Å². The lowest BCUT2D eigenvalue weighted by Gasteiger charge is -2.31. The molecule has 7 heteroatoms. The number of nitrogens with one attached hydrogen (secondary N) is 1. The average Bonchev–Trinajstić information content (AvgIpc) is 2.85. The Labute approximate surface area is 123 Å². The van der Waals surface area contributed by atoms with Gasteiger partial charge in [-0.05, 0) is 32.9 Å². The minimum Gasteiger partial charge on any atom is -0.319 e. The maximum absolute atomic E-state index is 12.0. The van der Waals surface area contributed by atoms with E-state index < -0.39 is 14.6 Å². The molecule has 2 heterocycles. The molecule has 1 fully saturated rings. The molecule has 1 saturated heterocycles. The summed E-state index contributed by atoms with van der Waals surface area (Å²) in [4.78, 5) is 15.9. The molecule has 1 unspecified atom stereocenters. The van der Waals surface area contributed by atoms with Crippen molar-refractivity contribution in [1.82, 2.24) is 10.2 Å². The van der Waals surface area contributed by atoms with Crippen LogP contribution in [0.4, 0.5) is 0 Å². The number of amides is 1. The summed E-state index contributed by atoms with van der Waals surface area (Å²) in [5, 5.41) is 3.15. The number of hydrogen-bond acceptors (Lipinski definition) is 5. The number of carbonyl (C=O) groups excluding carboxylic acids is 1. The fourth-order valence-electron chi connectivity index (χ4n) is 2.10. The maximum atomic E-state index is 12.0. The molecule has 1 aliphatic rings. The number of nitrogens with zero attached hydrogens (tertiary/aromatic N) is 1. The molecule has 0 radical (unpaired) electrons. The summed E-state index contributed by atoms with van der Waals surface area (Å²) in [6, 6.07) is 3.99. The highest BCUT2D eigenvalue weighted by Crippen LogP contribution is 2.31. The first-order valence-electron chi connectivity index (χ1n) is 6.40. The molecule has 0 bridgehead atoms. The predicted molar refractivity (Wildman–Crippen MR) is 80.4 cm³/mol. The SMILES string of the molecule is Cc1ccc(C2NCC(=O)N2CC(C)(C)S(C)(=O)=O)s1. The Hall–Kier alpha value is -0.920. The standard InChI is InChI=1S/C13H20N2O3S2/c1-9-5-6-10(19-9)12-14-7-11(16)15(12)8-13(2,3)20(4,17)18/h5-6,12,14H,7-8H2,1-4H3. The van der Waals surface area contributed by atoms with Crippen LogP contribution in [0.2, 0.25) is 0 Å². The van der Waals surface area contributed by atoms with Crippen molar-refractivity contribution in [3.05, 3.63) is 21.9 Å². The van der Waals surface area contributed by atoms with Crippen LogP contribution in [0.1, 0.15) is 29.8 Å². The number of hydrogen-bond donors (Lipinski definition) is 1. The second-order valence-corrected chi connectivity index (χ2v) is 9.75.